The Labute approximate surface area is 148 Å². The monoisotopic (exact) mass is 351 g/mol. The summed E-state index contributed by atoms with van der Waals surface area (Å²) in [6.45, 7) is 0. The predicted molar refractivity (Wildman–Crippen MR) is 94.3 cm³/mol. The third kappa shape index (κ3) is 3.87. The van der Waals surface area contributed by atoms with Crippen LogP contribution in [0.4, 0.5) is 10.1 Å². The molecule has 3 aromatic rings. The van der Waals surface area contributed by atoms with Gasteiger partial charge in [-0.2, -0.15) is 0 Å². The fourth-order valence-electron chi connectivity index (χ4n) is 2.29. The lowest BCUT2D eigenvalue weighted by atomic mass is 10.2. The van der Waals surface area contributed by atoms with E-state index in [1.807, 2.05) is 0 Å². The number of carboxylic acids is 1. The highest BCUT2D eigenvalue weighted by molar-refractivity contribution is 6.05. The Bertz CT molecular complexity index is 954. The molecule has 0 spiro atoms. The number of carbonyl (C=O) groups excluding carboxylic acids is 1. The number of hydrogen-bond acceptors (Lipinski definition) is 3. The summed E-state index contributed by atoms with van der Waals surface area (Å²) in [5, 5.41) is 11.5. The van der Waals surface area contributed by atoms with E-state index in [2.05, 4.69) is 5.32 Å². The van der Waals surface area contributed by atoms with Gasteiger partial charge in [-0.25, -0.2) is 9.18 Å². The van der Waals surface area contributed by atoms with E-state index in [1.54, 1.807) is 30.3 Å². The molecule has 0 bridgehead atoms. The number of ether oxygens (including phenoxy) is 1. The second kappa shape index (κ2) is 7.48. The van der Waals surface area contributed by atoms with Gasteiger partial charge in [0, 0.05) is 0 Å². The van der Waals surface area contributed by atoms with E-state index in [1.165, 1.54) is 42.5 Å². The van der Waals surface area contributed by atoms with E-state index in [0.29, 0.717) is 17.2 Å². The summed E-state index contributed by atoms with van der Waals surface area (Å²) < 4.78 is 19.5. The highest BCUT2D eigenvalue weighted by atomic mass is 19.1. The van der Waals surface area contributed by atoms with Crippen molar-refractivity contribution in [3.8, 4) is 11.5 Å². The molecule has 2 N–H and O–H groups in total. The summed E-state index contributed by atoms with van der Waals surface area (Å²) in [6, 6.07) is 18.2. The zero-order chi connectivity index (χ0) is 18.5. The molecule has 130 valence electrons. The molecule has 0 aliphatic carbocycles. The van der Waals surface area contributed by atoms with Crippen LogP contribution in [-0.4, -0.2) is 17.0 Å². The van der Waals surface area contributed by atoms with Gasteiger partial charge in [0.1, 0.15) is 11.6 Å². The molecular weight excluding hydrogens is 337 g/mol. The molecule has 0 saturated heterocycles. The van der Waals surface area contributed by atoms with E-state index in [4.69, 9.17) is 9.84 Å². The Kier molecular flexibility index (Phi) is 4.94. The average Bonchev–Trinajstić information content (AvgIpc) is 2.64. The number of carboxylic acid groups (broad SMARTS) is 1. The van der Waals surface area contributed by atoms with E-state index in [-0.39, 0.29) is 11.1 Å². The molecule has 0 fully saturated rings. The number of benzene rings is 3. The third-order valence-electron chi connectivity index (χ3n) is 3.58. The molecule has 1 amide bonds. The van der Waals surface area contributed by atoms with Crippen molar-refractivity contribution in [2.45, 2.75) is 0 Å². The Hall–Kier alpha value is -3.67. The molecule has 0 unspecified atom stereocenters. The van der Waals surface area contributed by atoms with E-state index >= 15 is 0 Å². The number of rotatable bonds is 5. The molecule has 0 saturated carbocycles. The fourth-order valence-corrected chi connectivity index (χ4v) is 2.29. The molecule has 0 atom stereocenters. The van der Waals surface area contributed by atoms with Crippen molar-refractivity contribution < 1.29 is 23.8 Å². The number of hydrogen-bond donors (Lipinski definition) is 2. The smallest absolute Gasteiger partial charge is 0.335 e. The van der Waals surface area contributed by atoms with Gasteiger partial charge in [-0.15, -0.1) is 0 Å². The third-order valence-corrected chi connectivity index (χ3v) is 3.58. The first-order valence-corrected chi connectivity index (χ1v) is 7.71. The normalized spacial score (nSPS) is 10.2. The molecule has 6 heteroatoms. The summed E-state index contributed by atoms with van der Waals surface area (Å²) in [6.07, 6.45) is 0. The number of para-hydroxylation sites is 2. The zero-order valence-electron chi connectivity index (χ0n) is 13.5. The Morgan fingerprint density at radius 3 is 2.23 bits per heavy atom. The average molecular weight is 351 g/mol. The van der Waals surface area contributed by atoms with Crippen LogP contribution in [0.2, 0.25) is 0 Å². The molecule has 5 nitrogen and oxygen atoms in total. The standard InChI is InChI=1S/C20H14FNO4/c21-16-6-2-1-5-15(16)19(23)22-17-7-3-4-8-18(17)26-14-11-9-13(10-12-14)20(24)25/h1-12H,(H,22,23)(H,24,25). The highest BCUT2D eigenvalue weighted by Crippen LogP contribution is 2.30. The zero-order valence-corrected chi connectivity index (χ0v) is 13.5. The van der Waals surface area contributed by atoms with Crippen molar-refractivity contribution in [2.24, 2.45) is 0 Å². The second-order valence-corrected chi connectivity index (χ2v) is 5.36. The van der Waals surface area contributed by atoms with Gasteiger partial charge in [-0.3, -0.25) is 4.79 Å². The van der Waals surface area contributed by atoms with Crippen molar-refractivity contribution in [3.05, 3.63) is 89.7 Å². The van der Waals surface area contributed by atoms with Crippen molar-refractivity contribution in [1.82, 2.24) is 0 Å². The first kappa shape index (κ1) is 17.2. The SMILES string of the molecule is O=C(O)c1ccc(Oc2ccccc2NC(=O)c2ccccc2F)cc1. The minimum atomic E-state index is -1.03. The highest BCUT2D eigenvalue weighted by Gasteiger charge is 2.14. The van der Waals surface area contributed by atoms with Crippen LogP contribution in [0.5, 0.6) is 11.5 Å². The molecule has 0 aromatic heterocycles. The number of carbonyl (C=O) groups is 2. The van der Waals surface area contributed by atoms with Crippen LogP contribution < -0.4 is 10.1 Å². The van der Waals surface area contributed by atoms with E-state index < -0.39 is 17.7 Å². The summed E-state index contributed by atoms with van der Waals surface area (Å²) in [5.74, 6) is -1.50. The Morgan fingerprint density at radius 1 is 0.885 bits per heavy atom. The molecule has 0 aliphatic rings. The predicted octanol–water partition coefficient (Wildman–Crippen LogP) is 4.57. The van der Waals surface area contributed by atoms with Crippen LogP contribution in [0.25, 0.3) is 0 Å². The van der Waals surface area contributed by atoms with E-state index in [0.717, 1.165) is 0 Å². The minimum absolute atomic E-state index is 0.0758. The van der Waals surface area contributed by atoms with Crippen LogP contribution in [0.1, 0.15) is 20.7 Å². The maximum absolute atomic E-state index is 13.8. The number of amides is 1. The van der Waals surface area contributed by atoms with Gasteiger partial charge in [0.05, 0.1) is 16.8 Å². The fraction of sp³-hybridized carbons (Fsp3) is 0. The van der Waals surface area contributed by atoms with Gasteiger partial charge >= 0.3 is 5.97 Å². The number of halogens is 1. The molecule has 0 radical (unpaired) electrons. The largest absolute Gasteiger partial charge is 0.478 e. The van der Waals surface area contributed by atoms with Crippen LogP contribution in [0.3, 0.4) is 0 Å². The lowest BCUT2D eigenvalue weighted by molar-refractivity contribution is 0.0696. The van der Waals surface area contributed by atoms with Crippen molar-refractivity contribution in [3.63, 3.8) is 0 Å². The lowest BCUT2D eigenvalue weighted by Crippen LogP contribution is -2.14. The lowest BCUT2D eigenvalue weighted by Gasteiger charge is -2.12. The van der Waals surface area contributed by atoms with Gasteiger partial charge in [-0.05, 0) is 48.5 Å². The Balaban J connectivity index is 1.81. The number of nitrogens with one attached hydrogen (secondary N) is 1. The van der Waals surface area contributed by atoms with Crippen LogP contribution in [-0.2, 0) is 0 Å². The summed E-state index contributed by atoms with van der Waals surface area (Å²) >= 11 is 0. The van der Waals surface area contributed by atoms with Crippen LogP contribution >= 0.6 is 0 Å². The summed E-state index contributed by atoms with van der Waals surface area (Å²) in [4.78, 5) is 23.2. The molecule has 3 rings (SSSR count). The van der Waals surface area contributed by atoms with Crippen molar-refractivity contribution >= 4 is 17.6 Å². The summed E-state index contributed by atoms with van der Waals surface area (Å²) in [5.41, 5.74) is 0.426. The molecule has 3 aromatic carbocycles. The quantitative estimate of drug-likeness (QED) is 0.706. The topological polar surface area (TPSA) is 75.6 Å². The molecular formula is C20H14FNO4. The maximum atomic E-state index is 13.8. The van der Waals surface area contributed by atoms with Gasteiger partial charge in [0.25, 0.3) is 5.91 Å². The maximum Gasteiger partial charge on any atom is 0.335 e. The first-order chi connectivity index (χ1) is 12.5. The van der Waals surface area contributed by atoms with Crippen molar-refractivity contribution in [2.75, 3.05) is 5.32 Å². The molecule has 0 heterocycles. The number of anilines is 1. The summed E-state index contributed by atoms with van der Waals surface area (Å²) in [7, 11) is 0. The molecule has 0 aliphatic heterocycles. The van der Waals surface area contributed by atoms with Gasteiger partial charge in [0.2, 0.25) is 0 Å². The molecule has 26 heavy (non-hydrogen) atoms. The number of aromatic carboxylic acids is 1. The second-order valence-electron chi connectivity index (χ2n) is 5.36. The Morgan fingerprint density at radius 2 is 1.54 bits per heavy atom. The van der Waals surface area contributed by atoms with Gasteiger partial charge in [0.15, 0.2) is 5.75 Å². The van der Waals surface area contributed by atoms with Crippen molar-refractivity contribution in [1.29, 1.82) is 0 Å². The first-order valence-electron chi connectivity index (χ1n) is 7.71. The van der Waals surface area contributed by atoms with E-state index in [9.17, 15) is 14.0 Å². The van der Waals surface area contributed by atoms with Gasteiger partial charge < -0.3 is 15.2 Å². The van der Waals surface area contributed by atoms with Crippen LogP contribution in [0.15, 0.2) is 72.8 Å². The van der Waals surface area contributed by atoms with Gasteiger partial charge in [-0.1, -0.05) is 24.3 Å². The van der Waals surface area contributed by atoms with Crippen LogP contribution in [0, 0.1) is 5.82 Å². The minimum Gasteiger partial charge on any atom is -0.478 e.